The summed E-state index contributed by atoms with van der Waals surface area (Å²) in [5.41, 5.74) is 16.0. The molecule has 1 fully saturated rings. The smallest absolute Gasteiger partial charge is 0.253 e. The maximum atomic E-state index is 13.4. The number of rotatable bonds is 5. The van der Waals surface area contributed by atoms with Crippen LogP contribution in [0, 0.1) is 5.92 Å². The predicted octanol–water partition coefficient (Wildman–Crippen LogP) is 4.56. The van der Waals surface area contributed by atoms with Crippen LogP contribution in [0.2, 0.25) is 0 Å². The SMILES string of the molecule is Nc1cc(N)nc(SCC(=O)N2N=C3/C(=C/c4ccccc4)CCC[C@H]3[C@@H]2c2ccccc2)n1. The molecule has 1 aliphatic carbocycles. The highest BCUT2D eigenvalue weighted by molar-refractivity contribution is 7.99. The van der Waals surface area contributed by atoms with Crippen LogP contribution in [0.25, 0.3) is 6.08 Å². The third-order valence-corrected chi connectivity index (χ3v) is 6.94. The molecule has 1 aromatic heterocycles. The Hall–Kier alpha value is -3.65. The standard InChI is InChI=1S/C26H26N6OS/c27-21-15-22(28)30-26(29-21)34-16-23(33)32-25(18-10-5-2-6-11-18)20-13-7-12-19(24(20)31-32)14-17-8-3-1-4-9-17/h1-6,8-11,14-15,20,25H,7,12-13,16H2,(H4,27,28,29,30)/b19-14+/t20-,25+/m1/s1. The molecule has 34 heavy (non-hydrogen) atoms. The number of hydrogen-bond acceptors (Lipinski definition) is 7. The van der Waals surface area contributed by atoms with E-state index in [0.717, 1.165) is 36.1 Å². The van der Waals surface area contributed by atoms with Gasteiger partial charge in [-0.3, -0.25) is 4.79 Å². The summed E-state index contributed by atoms with van der Waals surface area (Å²) in [7, 11) is 0. The summed E-state index contributed by atoms with van der Waals surface area (Å²) in [6, 6.07) is 21.8. The first-order valence-electron chi connectivity index (χ1n) is 11.3. The molecule has 0 spiro atoms. The lowest BCUT2D eigenvalue weighted by molar-refractivity contribution is -0.130. The first-order chi connectivity index (χ1) is 16.6. The molecule has 0 bridgehead atoms. The van der Waals surface area contributed by atoms with Crippen LogP contribution in [-0.2, 0) is 4.79 Å². The van der Waals surface area contributed by atoms with Crippen LogP contribution in [0.15, 0.2) is 82.6 Å². The number of nitrogen functional groups attached to an aromatic ring is 2. The lowest BCUT2D eigenvalue weighted by Crippen LogP contribution is -2.32. The molecule has 0 radical (unpaired) electrons. The third kappa shape index (κ3) is 4.68. The zero-order valence-electron chi connectivity index (χ0n) is 18.7. The van der Waals surface area contributed by atoms with Crippen molar-refractivity contribution in [2.45, 2.75) is 30.5 Å². The summed E-state index contributed by atoms with van der Waals surface area (Å²) in [6.45, 7) is 0. The average Bonchev–Trinajstić information content (AvgIpc) is 3.24. The van der Waals surface area contributed by atoms with Crippen LogP contribution in [0.3, 0.4) is 0 Å². The van der Waals surface area contributed by atoms with Gasteiger partial charge in [-0.15, -0.1) is 0 Å². The number of allylic oxidation sites excluding steroid dienone is 1. The van der Waals surface area contributed by atoms with E-state index in [1.165, 1.54) is 23.4 Å². The summed E-state index contributed by atoms with van der Waals surface area (Å²) in [5, 5.41) is 6.98. The Labute approximate surface area is 203 Å². The Bertz CT molecular complexity index is 1220. The fourth-order valence-electron chi connectivity index (χ4n) is 4.66. The van der Waals surface area contributed by atoms with E-state index in [-0.39, 0.29) is 35.3 Å². The Kier molecular flexibility index (Phi) is 6.31. The van der Waals surface area contributed by atoms with Crippen molar-refractivity contribution in [3.8, 4) is 0 Å². The Morgan fingerprint density at radius 1 is 1.03 bits per heavy atom. The maximum absolute atomic E-state index is 13.4. The molecular weight excluding hydrogens is 444 g/mol. The van der Waals surface area contributed by atoms with Crippen LogP contribution >= 0.6 is 11.8 Å². The molecule has 2 heterocycles. The number of amides is 1. The van der Waals surface area contributed by atoms with Gasteiger partial charge in [0.2, 0.25) is 0 Å². The van der Waals surface area contributed by atoms with Crippen molar-refractivity contribution >= 4 is 41.1 Å². The van der Waals surface area contributed by atoms with Gasteiger partial charge in [0, 0.05) is 12.0 Å². The Morgan fingerprint density at radius 2 is 1.71 bits per heavy atom. The van der Waals surface area contributed by atoms with Gasteiger partial charge in [-0.1, -0.05) is 72.4 Å². The molecule has 0 unspecified atom stereocenters. The van der Waals surface area contributed by atoms with Crippen molar-refractivity contribution in [2.24, 2.45) is 11.0 Å². The highest BCUT2D eigenvalue weighted by Crippen LogP contribution is 2.44. The number of nitrogens with two attached hydrogens (primary N) is 2. The van der Waals surface area contributed by atoms with E-state index in [0.29, 0.717) is 5.16 Å². The summed E-state index contributed by atoms with van der Waals surface area (Å²) in [5.74, 6) is 0.789. The van der Waals surface area contributed by atoms with E-state index in [1.54, 1.807) is 5.01 Å². The summed E-state index contributed by atoms with van der Waals surface area (Å²) in [4.78, 5) is 21.8. The number of benzene rings is 2. The van der Waals surface area contributed by atoms with Gasteiger partial charge in [0.05, 0.1) is 17.5 Å². The highest BCUT2D eigenvalue weighted by Gasteiger charge is 2.43. The van der Waals surface area contributed by atoms with Crippen LogP contribution in [-0.4, -0.2) is 32.3 Å². The molecule has 2 aromatic carbocycles. The fourth-order valence-corrected chi connectivity index (χ4v) is 5.38. The second-order valence-electron chi connectivity index (χ2n) is 8.45. The van der Waals surface area contributed by atoms with Crippen molar-refractivity contribution in [1.29, 1.82) is 0 Å². The topological polar surface area (TPSA) is 110 Å². The fraction of sp³-hybridized carbons (Fsp3) is 0.231. The molecule has 1 aliphatic heterocycles. The number of fused-ring (bicyclic) bond motifs is 1. The van der Waals surface area contributed by atoms with Gasteiger partial charge in [-0.25, -0.2) is 15.0 Å². The molecule has 5 rings (SSSR count). The third-order valence-electron chi connectivity index (χ3n) is 6.11. The van der Waals surface area contributed by atoms with E-state index in [9.17, 15) is 4.79 Å². The van der Waals surface area contributed by atoms with Crippen LogP contribution in [0.5, 0.6) is 0 Å². The monoisotopic (exact) mass is 470 g/mol. The quantitative estimate of drug-likeness (QED) is 0.418. The number of carbonyl (C=O) groups excluding carboxylic acids is 1. The van der Waals surface area contributed by atoms with Crippen LogP contribution in [0.4, 0.5) is 11.6 Å². The lowest BCUT2D eigenvalue weighted by atomic mass is 9.77. The van der Waals surface area contributed by atoms with E-state index in [1.807, 2.05) is 36.4 Å². The molecule has 1 amide bonds. The van der Waals surface area contributed by atoms with Crippen LogP contribution in [0.1, 0.15) is 36.4 Å². The molecule has 1 saturated carbocycles. The second kappa shape index (κ2) is 9.69. The normalized spacial score (nSPS) is 20.8. The van der Waals surface area contributed by atoms with E-state index in [4.69, 9.17) is 16.6 Å². The average molecular weight is 471 g/mol. The molecule has 172 valence electrons. The largest absolute Gasteiger partial charge is 0.383 e. The summed E-state index contributed by atoms with van der Waals surface area (Å²) in [6.07, 6.45) is 5.23. The molecule has 0 saturated heterocycles. The van der Waals surface area contributed by atoms with Crippen molar-refractivity contribution in [3.05, 3.63) is 83.4 Å². The zero-order valence-corrected chi connectivity index (χ0v) is 19.5. The Balaban J connectivity index is 1.45. The van der Waals surface area contributed by atoms with Crippen molar-refractivity contribution < 1.29 is 4.79 Å². The summed E-state index contributed by atoms with van der Waals surface area (Å²) < 4.78 is 0. The minimum absolute atomic E-state index is 0.0931. The molecule has 2 aliphatic rings. The first-order valence-corrected chi connectivity index (χ1v) is 12.3. The van der Waals surface area contributed by atoms with Crippen LogP contribution < -0.4 is 11.5 Å². The predicted molar refractivity (Wildman–Crippen MR) is 137 cm³/mol. The maximum Gasteiger partial charge on any atom is 0.253 e. The lowest BCUT2D eigenvalue weighted by Gasteiger charge is -2.29. The van der Waals surface area contributed by atoms with Crippen molar-refractivity contribution in [1.82, 2.24) is 15.0 Å². The van der Waals surface area contributed by atoms with E-state index >= 15 is 0 Å². The number of nitrogens with zero attached hydrogens (tertiary/aromatic N) is 4. The molecular formula is C26H26N6OS. The number of hydrazone groups is 1. The van der Waals surface area contributed by atoms with E-state index in [2.05, 4.69) is 40.3 Å². The minimum atomic E-state index is -0.129. The van der Waals surface area contributed by atoms with Gasteiger partial charge in [-0.2, -0.15) is 5.10 Å². The van der Waals surface area contributed by atoms with Crippen molar-refractivity contribution in [3.63, 3.8) is 0 Å². The minimum Gasteiger partial charge on any atom is -0.383 e. The van der Waals surface area contributed by atoms with Gasteiger partial charge < -0.3 is 11.5 Å². The number of thioether (sulfide) groups is 1. The number of carbonyl (C=O) groups is 1. The molecule has 2 atom stereocenters. The van der Waals surface area contributed by atoms with E-state index < -0.39 is 0 Å². The number of aromatic nitrogens is 2. The molecule has 3 aromatic rings. The van der Waals surface area contributed by atoms with Gasteiger partial charge in [0.1, 0.15) is 11.6 Å². The number of anilines is 2. The zero-order chi connectivity index (χ0) is 23.5. The van der Waals surface area contributed by atoms with Gasteiger partial charge in [0.15, 0.2) is 5.16 Å². The number of hydrogen-bond donors (Lipinski definition) is 2. The first kappa shape index (κ1) is 22.2. The molecule has 4 N–H and O–H groups in total. The summed E-state index contributed by atoms with van der Waals surface area (Å²) >= 11 is 1.22. The molecule has 8 heteroatoms. The molecule has 7 nitrogen and oxygen atoms in total. The van der Waals surface area contributed by atoms with Gasteiger partial charge in [-0.05, 0) is 42.0 Å². The second-order valence-corrected chi connectivity index (χ2v) is 9.39. The highest BCUT2D eigenvalue weighted by atomic mass is 32.2. The Morgan fingerprint density at radius 3 is 2.41 bits per heavy atom. The van der Waals surface area contributed by atoms with Crippen molar-refractivity contribution in [2.75, 3.05) is 17.2 Å². The van der Waals surface area contributed by atoms with Gasteiger partial charge in [0.25, 0.3) is 5.91 Å². The van der Waals surface area contributed by atoms with Gasteiger partial charge >= 0.3 is 0 Å².